The number of hydrogen-bond donors (Lipinski definition) is 3. The van der Waals surface area contributed by atoms with Crippen molar-refractivity contribution < 1.29 is 19.1 Å². The molecule has 0 aliphatic carbocycles. The van der Waals surface area contributed by atoms with E-state index < -0.39 is 11.8 Å². The number of nitrogens with one attached hydrogen (secondary N) is 3. The molecule has 0 atom stereocenters. The zero-order chi connectivity index (χ0) is 28.0. The van der Waals surface area contributed by atoms with Gasteiger partial charge in [0, 0.05) is 21.3 Å². The fourth-order valence-corrected chi connectivity index (χ4v) is 4.02. The highest BCUT2D eigenvalue weighted by molar-refractivity contribution is 9.10. The van der Waals surface area contributed by atoms with Gasteiger partial charge in [0.2, 0.25) is 0 Å². The van der Waals surface area contributed by atoms with Crippen LogP contribution in [0.15, 0.2) is 65.1 Å². The Bertz CT molecular complexity index is 1310. The first-order valence-electron chi connectivity index (χ1n) is 12.4. The zero-order valence-electron chi connectivity index (χ0n) is 22.6. The Labute approximate surface area is 232 Å². The molecule has 3 aromatic carbocycles. The van der Waals surface area contributed by atoms with Crippen LogP contribution in [0.1, 0.15) is 77.9 Å². The number of amides is 3. The summed E-state index contributed by atoms with van der Waals surface area (Å²) < 4.78 is 6.70. The molecular weight excluding hydrogens is 546 g/mol. The van der Waals surface area contributed by atoms with Crippen LogP contribution in [-0.2, 0) is 10.2 Å². The fourth-order valence-electron chi connectivity index (χ4n) is 3.65. The number of benzene rings is 3. The first-order chi connectivity index (χ1) is 17.8. The van der Waals surface area contributed by atoms with Gasteiger partial charge in [-0.3, -0.25) is 25.2 Å². The first-order valence-corrected chi connectivity index (χ1v) is 13.2. The van der Waals surface area contributed by atoms with Crippen LogP contribution in [0.3, 0.4) is 0 Å². The minimum absolute atomic E-state index is 0.00779. The summed E-state index contributed by atoms with van der Waals surface area (Å²) in [5.74, 6) is -0.376. The molecule has 0 bridgehead atoms. The lowest BCUT2D eigenvalue weighted by atomic mass is 9.87. The summed E-state index contributed by atoms with van der Waals surface area (Å²) >= 11 is 3.52. The van der Waals surface area contributed by atoms with E-state index in [1.165, 1.54) is 0 Å². The van der Waals surface area contributed by atoms with Gasteiger partial charge in [-0.15, -0.1) is 0 Å². The van der Waals surface area contributed by atoms with Crippen molar-refractivity contribution in [1.29, 1.82) is 0 Å². The number of halogens is 1. The van der Waals surface area contributed by atoms with Gasteiger partial charge in [0.25, 0.3) is 17.7 Å². The van der Waals surface area contributed by atoms with Crippen molar-refractivity contribution in [1.82, 2.24) is 10.9 Å². The van der Waals surface area contributed by atoms with Crippen molar-refractivity contribution in [3.05, 3.63) is 93.0 Å². The van der Waals surface area contributed by atoms with Crippen molar-refractivity contribution in [2.75, 3.05) is 11.9 Å². The predicted molar refractivity (Wildman–Crippen MR) is 154 cm³/mol. The van der Waals surface area contributed by atoms with E-state index in [1.54, 1.807) is 36.4 Å². The lowest BCUT2D eigenvalue weighted by Gasteiger charge is -2.19. The zero-order valence-corrected chi connectivity index (χ0v) is 24.2. The van der Waals surface area contributed by atoms with E-state index in [2.05, 4.69) is 52.9 Å². The maximum atomic E-state index is 12.6. The number of anilines is 1. The fraction of sp³-hybridized carbons (Fsp3) is 0.300. The van der Waals surface area contributed by atoms with Crippen molar-refractivity contribution in [2.45, 2.75) is 52.9 Å². The van der Waals surface area contributed by atoms with E-state index in [1.807, 2.05) is 45.0 Å². The third-order valence-electron chi connectivity index (χ3n) is 6.01. The van der Waals surface area contributed by atoms with Crippen LogP contribution in [0.5, 0.6) is 5.75 Å². The number of ether oxygens (including phenoxy) is 1. The van der Waals surface area contributed by atoms with E-state index in [4.69, 9.17) is 4.74 Å². The average Bonchev–Trinajstić information content (AvgIpc) is 2.87. The summed E-state index contributed by atoms with van der Waals surface area (Å²) in [6.45, 7) is 12.1. The smallest absolute Gasteiger partial charge is 0.276 e. The summed E-state index contributed by atoms with van der Waals surface area (Å²) in [4.78, 5) is 37.3. The van der Waals surface area contributed by atoms with Crippen molar-refractivity contribution in [2.24, 2.45) is 0 Å². The average molecular weight is 581 g/mol. The normalized spacial score (nSPS) is 11.2. The van der Waals surface area contributed by atoms with Gasteiger partial charge in [-0.05, 0) is 83.5 Å². The Morgan fingerprint density at radius 3 is 2.03 bits per heavy atom. The minimum atomic E-state index is -0.491. The number of aryl methyl sites for hydroxylation is 1. The van der Waals surface area contributed by atoms with Crippen LogP contribution in [0.25, 0.3) is 0 Å². The van der Waals surface area contributed by atoms with E-state index in [9.17, 15) is 14.4 Å². The standard InChI is InChI=1S/C30H34BrN3O4/c1-18(2)24-16-25(31)19(3)15-26(24)38-17-27(35)33-34-29(37)21-9-13-23(14-10-21)32-28(36)20-7-11-22(12-8-20)30(4,5)6/h7-16,18H,17H2,1-6H3,(H,32,36)(H,33,35)(H,34,37). The maximum absolute atomic E-state index is 12.6. The predicted octanol–water partition coefficient (Wildman–Crippen LogP) is 6.27. The molecular formula is C30H34BrN3O4. The highest BCUT2D eigenvalue weighted by atomic mass is 79.9. The molecule has 0 radical (unpaired) electrons. The van der Waals surface area contributed by atoms with E-state index in [-0.39, 0.29) is 23.8 Å². The number of hydrogen-bond acceptors (Lipinski definition) is 4. The molecule has 0 aromatic heterocycles. The summed E-state index contributed by atoms with van der Waals surface area (Å²) in [7, 11) is 0. The SMILES string of the molecule is Cc1cc(OCC(=O)NNC(=O)c2ccc(NC(=O)c3ccc(C(C)(C)C)cc3)cc2)c(C(C)C)cc1Br. The molecule has 3 aromatic rings. The highest BCUT2D eigenvalue weighted by Crippen LogP contribution is 2.32. The van der Waals surface area contributed by atoms with Gasteiger partial charge in [0.05, 0.1) is 0 Å². The van der Waals surface area contributed by atoms with Crippen molar-refractivity contribution >= 4 is 39.3 Å². The largest absolute Gasteiger partial charge is 0.483 e. The number of carbonyl (C=O) groups excluding carboxylic acids is 3. The van der Waals surface area contributed by atoms with Gasteiger partial charge < -0.3 is 10.1 Å². The minimum Gasteiger partial charge on any atom is -0.483 e. The quantitative estimate of drug-likeness (QED) is 0.287. The Balaban J connectivity index is 1.51. The molecule has 0 heterocycles. The Morgan fingerprint density at radius 1 is 0.868 bits per heavy atom. The molecule has 3 N–H and O–H groups in total. The molecule has 38 heavy (non-hydrogen) atoms. The molecule has 3 amide bonds. The van der Waals surface area contributed by atoms with E-state index >= 15 is 0 Å². The maximum Gasteiger partial charge on any atom is 0.276 e. The van der Waals surface area contributed by atoms with Gasteiger partial charge in [-0.25, -0.2) is 0 Å². The number of carbonyl (C=O) groups is 3. The molecule has 0 spiro atoms. The van der Waals surface area contributed by atoms with Gasteiger partial charge in [-0.1, -0.05) is 62.7 Å². The molecule has 0 saturated heterocycles. The molecule has 200 valence electrons. The van der Waals surface area contributed by atoms with Crippen LogP contribution in [0.2, 0.25) is 0 Å². The molecule has 0 aliphatic heterocycles. The van der Waals surface area contributed by atoms with Crippen LogP contribution >= 0.6 is 15.9 Å². The van der Waals surface area contributed by atoms with Gasteiger partial charge in [-0.2, -0.15) is 0 Å². The molecule has 0 fully saturated rings. The van der Waals surface area contributed by atoms with Crippen LogP contribution in [0.4, 0.5) is 5.69 Å². The Kier molecular flexibility index (Phi) is 9.33. The van der Waals surface area contributed by atoms with Crippen molar-refractivity contribution in [3.63, 3.8) is 0 Å². The lowest BCUT2D eigenvalue weighted by molar-refractivity contribution is -0.123. The molecule has 0 unspecified atom stereocenters. The third kappa shape index (κ3) is 7.68. The summed E-state index contributed by atoms with van der Waals surface area (Å²) in [5.41, 5.74) is 9.30. The first kappa shape index (κ1) is 28.9. The highest BCUT2D eigenvalue weighted by Gasteiger charge is 2.16. The number of hydrazine groups is 1. The molecule has 8 heteroatoms. The molecule has 7 nitrogen and oxygen atoms in total. The second kappa shape index (κ2) is 12.3. The van der Waals surface area contributed by atoms with Crippen LogP contribution in [-0.4, -0.2) is 24.3 Å². The Morgan fingerprint density at radius 2 is 1.45 bits per heavy atom. The molecule has 0 saturated carbocycles. The van der Waals surface area contributed by atoms with Gasteiger partial charge in [0.15, 0.2) is 6.61 Å². The lowest BCUT2D eigenvalue weighted by Crippen LogP contribution is -2.43. The van der Waals surface area contributed by atoms with Gasteiger partial charge in [0.1, 0.15) is 5.75 Å². The van der Waals surface area contributed by atoms with Gasteiger partial charge >= 0.3 is 0 Å². The summed E-state index contributed by atoms with van der Waals surface area (Å²) in [5, 5.41) is 2.82. The van der Waals surface area contributed by atoms with E-state index in [0.29, 0.717) is 22.6 Å². The van der Waals surface area contributed by atoms with Crippen LogP contribution in [0, 0.1) is 6.92 Å². The molecule has 3 rings (SSSR count). The van der Waals surface area contributed by atoms with Crippen LogP contribution < -0.4 is 20.9 Å². The summed E-state index contributed by atoms with van der Waals surface area (Å²) in [6, 6.07) is 17.8. The summed E-state index contributed by atoms with van der Waals surface area (Å²) in [6.07, 6.45) is 0. The topological polar surface area (TPSA) is 96.5 Å². The number of rotatable bonds is 7. The monoisotopic (exact) mass is 579 g/mol. The molecule has 0 aliphatic rings. The van der Waals surface area contributed by atoms with Crippen molar-refractivity contribution in [3.8, 4) is 5.75 Å². The Hall–Kier alpha value is -3.65. The second-order valence-electron chi connectivity index (χ2n) is 10.4. The third-order valence-corrected chi connectivity index (χ3v) is 6.86. The van der Waals surface area contributed by atoms with E-state index in [0.717, 1.165) is 21.2 Å². The second-order valence-corrected chi connectivity index (χ2v) is 11.3.